The maximum absolute atomic E-state index is 13.2. The number of hydrogen-bond acceptors (Lipinski definition) is 4. The second-order valence-electron chi connectivity index (χ2n) is 7.55. The van der Waals surface area contributed by atoms with E-state index in [1.54, 1.807) is 17.4 Å². The lowest BCUT2D eigenvalue weighted by atomic mass is 10.0. The van der Waals surface area contributed by atoms with Gasteiger partial charge in [0.2, 0.25) is 5.91 Å². The van der Waals surface area contributed by atoms with Gasteiger partial charge >= 0.3 is 6.03 Å². The molecular formula is C23H29N3O3S. The standard InChI is InChI=1S/C23H29N3O3S/c1-4-12-25(23(28)24-17(2)3)15-22(27)26-13-10-21-19(11-14-30-21)20(26)16-29-18-8-6-5-7-9-18/h4-9,11,14,17,20H,1,10,12-13,15-16H2,2-3H3,(H,24,28)/t20-/m1/s1. The van der Waals surface area contributed by atoms with Gasteiger partial charge in [0.15, 0.2) is 0 Å². The van der Waals surface area contributed by atoms with Crippen LogP contribution < -0.4 is 10.1 Å². The van der Waals surface area contributed by atoms with Gasteiger partial charge in [-0.3, -0.25) is 4.79 Å². The highest BCUT2D eigenvalue weighted by atomic mass is 32.1. The van der Waals surface area contributed by atoms with Crippen LogP contribution in [0, 0.1) is 0 Å². The molecule has 0 bridgehead atoms. The lowest BCUT2D eigenvalue weighted by Gasteiger charge is -2.37. The Balaban J connectivity index is 1.74. The highest BCUT2D eigenvalue weighted by Crippen LogP contribution is 2.34. The molecule has 1 aliphatic heterocycles. The van der Waals surface area contributed by atoms with Crippen LogP contribution in [-0.4, -0.2) is 54.0 Å². The number of thiophene rings is 1. The average Bonchev–Trinajstić information content (AvgIpc) is 3.21. The highest BCUT2D eigenvalue weighted by molar-refractivity contribution is 7.10. The van der Waals surface area contributed by atoms with Crippen molar-refractivity contribution in [1.82, 2.24) is 15.1 Å². The Morgan fingerprint density at radius 1 is 1.33 bits per heavy atom. The van der Waals surface area contributed by atoms with E-state index in [1.165, 1.54) is 9.78 Å². The van der Waals surface area contributed by atoms with Gasteiger partial charge in [0.25, 0.3) is 0 Å². The van der Waals surface area contributed by atoms with Crippen molar-refractivity contribution in [2.75, 3.05) is 26.2 Å². The second-order valence-corrected chi connectivity index (χ2v) is 8.55. The zero-order valence-corrected chi connectivity index (χ0v) is 18.4. The molecule has 1 aromatic heterocycles. The van der Waals surface area contributed by atoms with E-state index < -0.39 is 0 Å². The van der Waals surface area contributed by atoms with Crippen LogP contribution in [0.5, 0.6) is 5.75 Å². The first-order valence-electron chi connectivity index (χ1n) is 10.2. The van der Waals surface area contributed by atoms with E-state index >= 15 is 0 Å². The fourth-order valence-corrected chi connectivity index (χ4v) is 4.46. The van der Waals surface area contributed by atoms with Gasteiger partial charge in [0.05, 0.1) is 6.04 Å². The number of urea groups is 1. The first-order valence-corrected chi connectivity index (χ1v) is 11.1. The molecule has 3 rings (SSSR count). The van der Waals surface area contributed by atoms with E-state index in [0.717, 1.165) is 17.7 Å². The van der Waals surface area contributed by atoms with Crippen LogP contribution >= 0.6 is 11.3 Å². The molecule has 1 aliphatic rings. The number of nitrogens with one attached hydrogen (secondary N) is 1. The molecule has 0 radical (unpaired) electrons. The molecule has 0 aliphatic carbocycles. The van der Waals surface area contributed by atoms with E-state index in [9.17, 15) is 9.59 Å². The average molecular weight is 428 g/mol. The van der Waals surface area contributed by atoms with Crippen molar-refractivity contribution < 1.29 is 14.3 Å². The van der Waals surface area contributed by atoms with E-state index in [-0.39, 0.29) is 30.6 Å². The van der Waals surface area contributed by atoms with Crippen LogP contribution in [0.2, 0.25) is 0 Å². The summed E-state index contributed by atoms with van der Waals surface area (Å²) in [6.45, 7) is 8.81. The van der Waals surface area contributed by atoms with Crippen LogP contribution in [0.1, 0.15) is 30.3 Å². The summed E-state index contributed by atoms with van der Waals surface area (Å²) in [5, 5.41) is 4.91. The van der Waals surface area contributed by atoms with Gasteiger partial charge in [-0.25, -0.2) is 4.79 Å². The molecule has 1 N–H and O–H groups in total. The summed E-state index contributed by atoms with van der Waals surface area (Å²) in [7, 11) is 0. The van der Waals surface area contributed by atoms with Crippen molar-refractivity contribution in [3.63, 3.8) is 0 Å². The molecule has 0 saturated carbocycles. The molecule has 0 unspecified atom stereocenters. The molecule has 0 saturated heterocycles. The third kappa shape index (κ3) is 5.42. The van der Waals surface area contributed by atoms with Crippen molar-refractivity contribution in [2.45, 2.75) is 32.4 Å². The molecule has 3 amide bonds. The summed E-state index contributed by atoms with van der Waals surface area (Å²) in [4.78, 5) is 30.4. The van der Waals surface area contributed by atoms with E-state index in [2.05, 4.69) is 23.3 Å². The Bertz CT molecular complexity index is 866. The zero-order valence-electron chi connectivity index (χ0n) is 17.5. The number of para-hydroxylation sites is 1. The van der Waals surface area contributed by atoms with Crippen molar-refractivity contribution >= 4 is 23.3 Å². The Labute approximate surface area is 182 Å². The van der Waals surface area contributed by atoms with Crippen molar-refractivity contribution in [2.24, 2.45) is 0 Å². The summed E-state index contributed by atoms with van der Waals surface area (Å²) < 4.78 is 6.01. The number of fused-ring (bicyclic) bond motifs is 1. The van der Waals surface area contributed by atoms with E-state index in [1.807, 2.05) is 49.1 Å². The molecular weight excluding hydrogens is 398 g/mol. The second kappa shape index (κ2) is 10.3. The van der Waals surface area contributed by atoms with Gasteiger partial charge in [-0.15, -0.1) is 17.9 Å². The minimum Gasteiger partial charge on any atom is -0.491 e. The predicted octanol–water partition coefficient (Wildman–Crippen LogP) is 3.86. The molecule has 1 aromatic carbocycles. The Morgan fingerprint density at radius 2 is 2.10 bits per heavy atom. The number of benzene rings is 1. The summed E-state index contributed by atoms with van der Waals surface area (Å²) in [5.74, 6) is 0.686. The zero-order chi connectivity index (χ0) is 21.5. The maximum Gasteiger partial charge on any atom is 0.318 e. The van der Waals surface area contributed by atoms with Gasteiger partial charge in [-0.1, -0.05) is 24.3 Å². The summed E-state index contributed by atoms with van der Waals surface area (Å²) >= 11 is 1.72. The van der Waals surface area contributed by atoms with Gasteiger partial charge in [-0.05, 0) is 49.4 Å². The number of amides is 3. The number of ether oxygens (including phenoxy) is 1. The van der Waals surface area contributed by atoms with Crippen LogP contribution in [0.15, 0.2) is 54.4 Å². The van der Waals surface area contributed by atoms with E-state index in [0.29, 0.717) is 19.7 Å². The maximum atomic E-state index is 13.2. The molecule has 30 heavy (non-hydrogen) atoms. The SMILES string of the molecule is C=CCN(CC(=O)N1CCc2sccc2[C@H]1COc1ccccc1)C(=O)NC(C)C. The predicted molar refractivity (Wildman–Crippen MR) is 120 cm³/mol. The van der Waals surface area contributed by atoms with Gasteiger partial charge in [0.1, 0.15) is 18.9 Å². The highest BCUT2D eigenvalue weighted by Gasteiger charge is 2.33. The Hall–Kier alpha value is -2.80. The third-order valence-electron chi connectivity index (χ3n) is 4.94. The van der Waals surface area contributed by atoms with Gasteiger partial charge in [-0.2, -0.15) is 0 Å². The van der Waals surface area contributed by atoms with Crippen LogP contribution in [0.4, 0.5) is 4.79 Å². The minimum atomic E-state index is -0.261. The van der Waals surface area contributed by atoms with Crippen LogP contribution in [-0.2, 0) is 11.2 Å². The molecule has 7 heteroatoms. The Morgan fingerprint density at radius 3 is 2.80 bits per heavy atom. The summed E-state index contributed by atoms with van der Waals surface area (Å²) in [6, 6.07) is 11.2. The fourth-order valence-electron chi connectivity index (χ4n) is 3.53. The van der Waals surface area contributed by atoms with Crippen molar-refractivity contribution in [3.05, 3.63) is 64.9 Å². The monoisotopic (exact) mass is 427 g/mol. The number of nitrogens with zero attached hydrogens (tertiary/aromatic N) is 2. The number of carbonyl (C=O) groups excluding carboxylic acids is 2. The largest absolute Gasteiger partial charge is 0.491 e. The summed E-state index contributed by atoms with van der Waals surface area (Å²) in [6.07, 6.45) is 2.45. The molecule has 1 atom stereocenters. The van der Waals surface area contributed by atoms with Crippen molar-refractivity contribution in [1.29, 1.82) is 0 Å². The first-order chi connectivity index (χ1) is 14.5. The first kappa shape index (κ1) is 21.9. The molecule has 6 nitrogen and oxygen atoms in total. The number of hydrogen-bond donors (Lipinski definition) is 1. The number of carbonyl (C=O) groups is 2. The van der Waals surface area contributed by atoms with Gasteiger partial charge < -0.3 is 19.9 Å². The van der Waals surface area contributed by atoms with Crippen LogP contribution in [0.3, 0.4) is 0 Å². The van der Waals surface area contributed by atoms with Crippen molar-refractivity contribution in [3.8, 4) is 5.75 Å². The number of rotatable bonds is 8. The molecule has 0 spiro atoms. The minimum absolute atomic E-state index is 0.00436. The van der Waals surface area contributed by atoms with Gasteiger partial charge in [0, 0.05) is 24.0 Å². The third-order valence-corrected chi connectivity index (χ3v) is 5.94. The summed E-state index contributed by atoms with van der Waals surface area (Å²) in [5.41, 5.74) is 1.14. The molecule has 2 aromatic rings. The lowest BCUT2D eigenvalue weighted by molar-refractivity contribution is -0.135. The Kier molecular flexibility index (Phi) is 7.52. The fraction of sp³-hybridized carbons (Fsp3) is 0.391. The quantitative estimate of drug-likeness (QED) is 0.651. The normalized spacial score (nSPS) is 15.4. The topological polar surface area (TPSA) is 61.9 Å². The molecule has 2 heterocycles. The molecule has 160 valence electrons. The smallest absolute Gasteiger partial charge is 0.318 e. The lowest BCUT2D eigenvalue weighted by Crippen LogP contribution is -2.50. The van der Waals surface area contributed by atoms with E-state index in [4.69, 9.17) is 4.74 Å². The van der Waals surface area contributed by atoms with Crippen LogP contribution in [0.25, 0.3) is 0 Å². The molecule has 0 fully saturated rings.